The molecule has 5 heteroatoms. The van der Waals surface area contributed by atoms with Crippen LogP contribution in [-0.2, 0) is 13.1 Å². The van der Waals surface area contributed by atoms with Crippen molar-refractivity contribution in [2.24, 2.45) is 0 Å². The smallest absolute Gasteiger partial charge is 0.147 e. The lowest BCUT2D eigenvalue weighted by Gasteiger charge is -2.14. The van der Waals surface area contributed by atoms with E-state index in [2.05, 4.69) is 53.8 Å². The summed E-state index contributed by atoms with van der Waals surface area (Å²) < 4.78 is 2.20. The third-order valence-electron chi connectivity index (χ3n) is 3.57. The normalized spacial score (nSPS) is 12.8. The Hall–Kier alpha value is -1.20. The van der Waals surface area contributed by atoms with Gasteiger partial charge in [0.2, 0.25) is 0 Å². The van der Waals surface area contributed by atoms with Crippen LogP contribution < -0.4 is 5.32 Å². The van der Waals surface area contributed by atoms with Crippen LogP contribution in [0.5, 0.6) is 0 Å². The van der Waals surface area contributed by atoms with Crippen molar-refractivity contribution in [1.82, 2.24) is 20.1 Å². The molecule has 0 unspecified atom stereocenters. The number of thiophene rings is 1. The molecule has 4 nitrogen and oxygen atoms in total. The third-order valence-corrected chi connectivity index (χ3v) is 4.55. The third kappa shape index (κ3) is 3.27. The van der Waals surface area contributed by atoms with E-state index in [4.69, 9.17) is 0 Å². The summed E-state index contributed by atoms with van der Waals surface area (Å²) in [4.78, 5) is 2.77. The molecule has 0 bridgehead atoms. The summed E-state index contributed by atoms with van der Waals surface area (Å²) in [5.41, 5.74) is 1.39. The first-order valence-corrected chi connectivity index (χ1v) is 8.03. The van der Waals surface area contributed by atoms with Crippen molar-refractivity contribution in [2.75, 3.05) is 0 Å². The molecule has 0 aliphatic carbocycles. The maximum atomic E-state index is 4.28. The fourth-order valence-corrected chi connectivity index (χ4v) is 3.53. The van der Waals surface area contributed by atoms with Crippen LogP contribution in [0.25, 0.3) is 0 Å². The number of aryl methyl sites for hydroxylation is 3. The second kappa shape index (κ2) is 6.50. The fourth-order valence-electron chi connectivity index (χ4n) is 2.50. The molecule has 1 atom stereocenters. The van der Waals surface area contributed by atoms with E-state index < -0.39 is 0 Å². The van der Waals surface area contributed by atoms with Gasteiger partial charge in [-0.25, -0.2) is 0 Å². The lowest BCUT2D eigenvalue weighted by atomic mass is 10.1. The van der Waals surface area contributed by atoms with E-state index in [0.29, 0.717) is 6.04 Å². The summed E-state index contributed by atoms with van der Waals surface area (Å²) in [6.07, 6.45) is 1.10. The van der Waals surface area contributed by atoms with Crippen LogP contribution in [0.1, 0.15) is 53.3 Å². The van der Waals surface area contributed by atoms with Gasteiger partial charge in [0.1, 0.15) is 11.6 Å². The highest BCUT2D eigenvalue weighted by molar-refractivity contribution is 7.12. The maximum absolute atomic E-state index is 4.28. The van der Waals surface area contributed by atoms with E-state index in [9.17, 15) is 0 Å². The average molecular weight is 292 g/mol. The van der Waals surface area contributed by atoms with Crippen molar-refractivity contribution in [3.8, 4) is 0 Å². The maximum Gasteiger partial charge on any atom is 0.147 e. The minimum atomic E-state index is 0.340. The van der Waals surface area contributed by atoms with Crippen LogP contribution in [0.4, 0.5) is 0 Å². The van der Waals surface area contributed by atoms with Gasteiger partial charge in [0, 0.05) is 22.3 Å². The van der Waals surface area contributed by atoms with E-state index >= 15 is 0 Å². The Morgan fingerprint density at radius 1 is 1.30 bits per heavy atom. The predicted molar refractivity (Wildman–Crippen MR) is 84.1 cm³/mol. The van der Waals surface area contributed by atoms with Crippen LogP contribution >= 0.6 is 11.3 Å². The van der Waals surface area contributed by atoms with Crippen LogP contribution in [0, 0.1) is 20.8 Å². The van der Waals surface area contributed by atoms with Gasteiger partial charge < -0.3 is 9.88 Å². The Morgan fingerprint density at radius 2 is 2.05 bits per heavy atom. The van der Waals surface area contributed by atoms with Crippen molar-refractivity contribution in [3.05, 3.63) is 33.0 Å². The molecule has 2 aromatic rings. The summed E-state index contributed by atoms with van der Waals surface area (Å²) in [6.45, 7) is 12.5. The van der Waals surface area contributed by atoms with Gasteiger partial charge in [0.15, 0.2) is 0 Å². The van der Waals surface area contributed by atoms with E-state index in [1.54, 1.807) is 0 Å². The minimum absolute atomic E-state index is 0.340. The highest BCUT2D eigenvalue weighted by Crippen LogP contribution is 2.26. The monoisotopic (exact) mass is 292 g/mol. The van der Waals surface area contributed by atoms with E-state index in [1.807, 2.05) is 18.3 Å². The number of rotatable bonds is 6. The quantitative estimate of drug-likeness (QED) is 0.885. The molecule has 0 saturated heterocycles. The molecular weight excluding hydrogens is 268 g/mol. The Bertz CT molecular complexity index is 570. The summed E-state index contributed by atoms with van der Waals surface area (Å²) in [6, 6.07) is 2.62. The molecule has 20 heavy (non-hydrogen) atoms. The van der Waals surface area contributed by atoms with Crippen LogP contribution in [0.15, 0.2) is 6.07 Å². The Labute approximate surface area is 125 Å². The van der Waals surface area contributed by atoms with E-state index in [-0.39, 0.29) is 0 Å². The highest BCUT2D eigenvalue weighted by atomic mass is 32.1. The van der Waals surface area contributed by atoms with Crippen molar-refractivity contribution < 1.29 is 0 Å². The molecule has 1 N–H and O–H groups in total. The number of nitrogens with zero attached hydrogens (tertiary/aromatic N) is 3. The molecule has 0 radical (unpaired) electrons. The zero-order chi connectivity index (χ0) is 14.7. The summed E-state index contributed by atoms with van der Waals surface area (Å²) in [5.74, 6) is 2.03. The fraction of sp³-hybridized carbons (Fsp3) is 0.600. The zero-order valence-electron chi connectivity index (χ0n) is 13.0. The van der Waals surface area contributed by atoms with Gasteiger partial charge in [0.25, 0.3) is 0 Å². The molecule has 0 aliphatic rings. The SMILES string of the molecule is CCCn1c(C)nnc1CN[C@@H](C)c1cc(C)sc1C. The number of hydrogen-bond donors (Lipinski definition) is 1. The van der Waals surface area contributed by atoms with E-state index in [0.717, 1.165) is 31.2 Å². The van der Waals surface area contributed by atoms with Crippen LogP contribution in [0.3, 0.4) is 0 Å². The van der Waals surface area contributed by atoms with Crippen molar-refractivity contribution >= 4 is 11.3 Å². The van der Waals surface area contributed by atoms with Crippen molar-refractivity contribution in [3.63, 3.8) is 0 Å². The van der Waals surface area contributed by atoms with Gasteiger partial charge in [0.05, 0.1) is 6.54 Å². The molecule has 0 aromatic carbocycles. The molecule has 2 rings (SSSR count). The minimum Gasteiger partial charge on any atom is -0.314 e. The largest absolute Gasteiger partial charge is 0.314 e. The number of aromatic nitrogens is 3. The first-order chi connectivity index (χ1) is 9.52. The Morgan fingerprint density at radius 3 is 2.65 bits per heavy atom. The molecule has 2 heterocycles. The van der Waals surface area contributed by atoms with Gasteiger partial charge in [-0.3, -0.25) is 0 Å². The molecular formula is C15H24N4S. The molecule has 0 aliphatic heterocycles. The highest BCUT2D eigenvalue weighted by Gasteiger charge is 2.13. The van der Waals surface area contributed by atoms with Gasteiger partial charge in [-0.2, -0.15) is 0 Å². The Kier molecular flexibility index (Phi) is 4.94. The van der Waals surface area contributed by atoms with Gasteiger partial charge >= 0.3 is 0 Å². The summed E-state index contributed by atoms with van der Waals surface area (Å²) in [7, 11) is 0. The number of hydrogen-bond acceptors (Lipinski definition) is 4. The molecule has 0 saturated carbocycles. The van der Waals surface area contributed by atoms with Crippen molar-refractivity contribution in [2.45, 2.75) is 60.2 Å². The first-order valence-electron chi connectivity index (χ1n) is 7.22. The van der Waals surface area contributed by atoms with Gasteiger partial charge in [-0.1, -0.05) is 6.92 Å². The first kappa shape index (κ1) is 15.2. The average Bonchev–Trinajstić information content (AvgIpc) is 2.91. The standard InChI is InChI=1S/C15H24N4S/c1-6-7-19-13(5)17-18-15(19)9-16-11(3)14-8-10(2)20-12(14)4/h8,11,16H,6-7,9H2,1-5H3/t11-/m0/s1. The van der Waals surface area contributed by atoms with Crippen LogP contribution in [0.2, 0.25) is 0 Å². The summed E-state index contributed by atoms with van der Waals surface area (Å²) in [5, 5.41) is 12.0. The van der Waals surface area contributed by atoms with E-state index in [1.165, 1.54) is 15.3 Å². The second-order valence-electron chi connectivity index (χ2n) is 5.29. The second-order valence-corrected chi connectivity index (χ2v) is 6.75. The summed E-state index contributed by atoms with van der Waals surface area (Å²) >= 11 is 1.86. The van der Waals surface area contributed by atoms with Crippen molar-refractivity contribution in [1.29, 1.82) is 0 Å². The van der Waals surface area contributed by atoms with Gasteiger partial charge in [-0.05, 0) is 45.7 Å². The molecule has 110 valence electrons. The number of nitrogens with one attached hydrogen (secondary N) is 1. The molecule has 0 amide bonds. The predicted octanol–water partition coefficient (Wildman–Crippen LogP) is 3.53. The molecule has 0 fully saturated rings. The lowest BCUT2D eigenvalue weighted by molar-refractivity contribution is 0.528. The zero-order valence-corrected chi connectivity index (χ0v) is 13.8. The molecule has 0 spiro atoms. The van der Waals surface area contributed by atoms with Gasteiger partial charge in [-0.15, -0.1) is 21.5 Å². The van der Waals surface area contributed by atoms with Crippen LogP contribution in [-0.4, -0.2) is 14.8 Å². The Balaban J connectivity index is 2.03. The topological polar surface area (TPSA) is 42.7 Å². The lowest BCUT2D eigenvalue weighted by Crippen LogP contribution is -2.21. The molecule has 2 aromatic heterocycles.